The van der Waals surface area contributed by atoms with Crippen LogP contribution in [0.1, 0.15) is 103 Å². The summed E-state index contributed by atoms with van der Waals surface area (Å²) in [6, 6.07) is 7.89. The van der Waals surface area contributed by atoms with Gasteiger partial charge in [-0.25, -0.2) is 4.57 Å². The number of phosphoric ester groups is 1. The molecule has 0 saturated heterocycles. The van der Waals surface area contributed by atoms with Gasteiger partial charge >= 0.3 is 7.82 Å². The first-order valence-electron chi connectivity index (χ1n) is 14.9. The predicted octanol–water partition coefficient (Wildman–Crippen LogP) is 6.18. The molecule has 0 aliphatic heterocycles. The van der Waals surface area contributed by atoms with E-state index in [0.29, 0.717) is 32.4 Å². The van der Waals surface area contributed by atoms with Crippen LogP contribution >= 0.6 is 7.82 Å². The van der Waals surface area contributed by atoms with Crippen molar-refractivity contribution < 1.29 is 32.9 Å². The molecular formula is C30H55NO6P+. The number of hydrogen-bond acceptors (Lipinski definition) is 5. The first kappa shape index (κ1) is 34.8. The van der Waals surface area contributed by atoms with E-state index in [9.17, 15) is 14.3 Å². The molecule has 0 saturated carbocycles. The number of nitrogens with one attached hydrogen (secondary N) is 1. The van der Waals surface area contributed by atoms with E-state index in [1.165, 1.54) is 64.2 Å². The highest BCUT2D eigenvalue weighted by Gasteiger charge is 2.25. The summed E-state index contributed by atoms with van der Waals surface area (Å²) in [5.41, 5.74) is 1.02. The van der Waals surface area contributed by atoms with Gasteiger partial charge in [0.25, 0.3) is 0 Å². The Labute approximate surface area is 232 Å². The van der Waals surface area contributed by atoms with Crippen LogP contribution in [0.25, 0.3) is 0 Å². The van der Waals surface area contributed by atoms with E-state index in [-0.39, 0.29) is 24.9 Å². The monoisotopic (exact) mass is 556 g/mol. The number of likely N-dealkylation sites (N-methyl/N-ethyl adjacent to an activating group) is 1. The lowest BCUT2D eigenvalue weighted by molar-refractivity contribution is -0.858. The number of ketones is 1. The molecule has 220 valence electrons. The third-order valence-electron chi connectivity index (χ3n) is 6.68. The van der Waals surface area contributed by atoms with Gasteiger partial charge in [0.2, 0.25) is 0 Å². The van der Waals surface area contributed by atoms with Gasteiger partial charge in [0.05, 0.1) is 27.3 Å². The minimum absolute atomic E-state index is 0.0157. The van der Waals surface area contributed by atoms with Gasteiger partial charge < -0.3 is 14.5 Å². The number of carbonyl (C=O) groups excluding carboxylic acids is 1. The van der Waals surface area contributed by atoms with Crippen molar-refractivity contribution in [2.75, 3.05) is 40.5 Å². The normalized spacial score (nSPS) is 13.9. The summed E-state index contributed by atoms with van der Waals surface area (Å²) < 4.78 is 28.6. The summed E-state index contributed by atoms with van der Waals surface area (Å²) in [6.07, 6.45) is 15.6. The smallest absolute Gasteiger partial charge is 0.472 e. The van der Waals surface area contributed by atoms with Crippen molar-refractivity contribution in [3.8, 4) is 5.75 Å². The van der Waals surface area contributed by atoms with Crippen LogP contribution < -0.4 is 9.64 Å². The highest BCUT2D eigenvalue weighted by molar-refractivity contribution is 7.47. The number of ether oxygens (including phenoxy) is 1. The van der Waals surface area contributed by atoms with Crippen LogP contribution in [0.15, 0.2) is 24.3 Å². The number of phosphoric acid groups is 1. The maximum atomic E-state index is 12.3. The van der Waals surface area contributed by atoms with Crippen molar-refractivity contribution in [1.82, 2.24) is 0 Å². The summed E-state index contributed by atoms with van der Waals surface area (Å²) in [7, 11) is -0.277. The quantitative estimate of drug-likeness (QED) is 0.110. The molecule has 38 heavy (non-hydrogen) atoms. The lowest BCUT2D eigenvalue weighted by Crippen LogP contribution is -3.06. The van der Waals surface area contributed by atoms with E-state index >= 15 is 0 Å². The molecule has 7 nitrogen and oxygen atoms in total. The summed E-state index contributed by atoms with van der Waals surface area (Å²) in [5.74, 6) is 0.707. The third-order valence-corrected chi connectivity index (χ3v) is 7.66. The summed E-state index contributed by atoms with van der Waals surface area (Å²) in [5, 5.41) is 0. The Balaban J connectivity index is 2.40. The Morgan fingerprint density at radius 2 is 1.55 bits per heavy atom. The fourth-order valence-electron chi connectivity index (χ4n) is 4.31. The maximum absolute atomic E-state index is 12.3. The zero-order valence-electron chi connectivity index (χ0n) is 24.6. The van der Waals surface area contributed by atoms with Gasteiger partial charge in [0, 0.05) is 12.8 Å². The zero-order chi connectivity index (χ0) is 28.1. The Morgan fingerprint density at radius 1 is 0.921 bits per heavy atom. The second-order valence-electron chi connectivity index (χ2n) is 10.8. The molecule has 0 bridgehead atoms. The lowest BCUT2D eigenvalue weighted by Gasteiger charge is -2.19. The highest BCUT2D eigenvalue weighted by atomic mass is 31.2. The molecule has 0 fully saturated rings. The number of rotatable bonds is 25. The molecule has 0 radical (unpaired) electrons. The van der Waals surface area contributed by atoms with E-state index in [0.717, 1.165) is 22.6 Å². The van der Waals surface area contributed by atoms with Crippen LogP contribution in [0.2, 0.25) is 0 Å². The molecule has 0 aromatic heterocycles. The van der Waals surface area contributed by atoms with Gasteiger partial charge in [-0.15, -0.1) is 0 Å². The van der Waals surface area contributed by atoms with Crippen LogP contribution in [0.5, 0.6) is 5.75 Å². The minimum Gasteiger partial charge on any atom is -0.494 e. The average molecular weight is 557 g/mol. The molecule has 1 aromatic carbocycles. The second kappa shape index (κ2) is 21.6. The van der Waals surface area contributed by atoms with Crippen molar-refractivity contribution in [2.24, 2.45) is 5.92 Å². The van der Waals surface area contributed by atoms with E-state index < -0.39 is 7.82 Å². The molecule has 2 unspecified atom stereocenters. The topological polar surface area (TPSA) is 86.5 Å². The lowest BCUT2D eigenvalue weighted by atomic mass is 9.94. The SMILES string of the molecule is CCCCCCCCCCCCCOc1cccc(CC(COP(=O)(O)OCC[NH+](C)C)CC(=O)CC)c1. The van der Waals surface area contributed by atoms with Gasteiger partial charge in [-0.05, 0) is 36.5 Å². The summed E-state index contributed by atoms with van der Waals surface area (Å²) in [6.45, 7) is 5.49. The summed E-state index contributed by atoms with van der Waals surface area (Å²) in [4.78, 5) is 23.3. The molecule has 0 spiro atoms. The fraction of sp³-hybridized carbons (Fsp3) is 0.767. The zero-order valence-corrected chi connectivity index (χ0v) is 25.4. The number of carbonyl (C=O) groups is 1. The van der Waals surface area contributed by atoms with Crippen LogP contribution in [-0.2, 0) is 24.8 Å². The molecule has 2 N–H and O–H groups in total. The molecule has 0 heterocycles. The first-order chi connectivity index (χ1) is 18.3. The van der Waals surface area contributed by atoms with Crippen molar-refractivity contribution in [1.29, 1.82) is 0 Å². The van der Waals surface area contributed by atoms with Gasteiger partial charge in [-0.1, -0.05) is 90.2 Å². The number of benzene rings is 1. The van der Waals surface area contributed by atoms with Crippen molar-refractivity contribution in [3.05, 3.63) is 29.8 Å². The first-order valence-corrected chi connectivity index (χ1v) is 16.4. The molecule has 1 rings (SSSR count). The molecular weight excluding hydrogens is 501 g/mol. The molecule has 8 heteroatoms. The van der Waals surface area contributed by atoms with Crippen molar-refractivity contribution >= 4 is 13.6 Å². The minimum atomic E-state index is -4.16. The van der Waals surface area contributed by atoms with Gasteiger partial charge in [-0.3, -0.25) is 13.8 Å². The highest BCUT2D eigenvalue weighted by Crippen LogP contribution is 2.43. The van der Waals surface area contributed by atoms with E-state index in [1.54, 1.807) is 0 Å². The number of quaternary nitrogens is 1. The maximum Gasteiger partial charge on any atom is 0.472 e. The van der Waals surface area contributed by atoms with E-state index in [4.69, 9.17) is 13.8 Å². The summed E-state index contributed by atoms with van der Waals surface area (Å²) >= 11 is 0. The Hall–Kier alpha value is -1.24. The van der Waals surface area contributed by atoms with Crippen LogP contribution in [0, 0.1) is 5.92 Å². The number of unbranched alkanes of at least 4 members (excludes halogenated alkanes) is 10. The van der Waals surface area contributed by atoms with E-state index in [1.807, 2.05) is 45.3 Å². The third kappa shape index (κ3) is 18.9. The molecule has 0 aliphatic rings. The van der Waals surface area contributed by atoms with Gasteiger partial charge in [0.1, 0.15) is 24.7 Å². The van der Waals surface area contributed by atoms with E-state index in [2.05, 4.69) is 6.92 Å². The van der Waals surface area contributed by atoms with Gasteiger partial charge in [-0.2, -0.15) is 0 Å². The van der Waals surface area contributed by atoms with Crippen molar-refractivity contribution in [3.63, 3.8) is 0 Å². The van der Waals surface area contributed by atoms with Crippen LogP contribution in [0.3, 0.4) is 0 Å². The Morgan fingerprint density at radius 3 is 2.16 bits per heavy atom. The fourth-order valence-corrected chi connectivity index (χ4v) is 5.11. The predicted molar refractivity (Wildman–Crippen MR) is 155 cm³/mol. The number of Topliss-reactive ketones (excluding diaryl/α,β-unsaturated/α-hetero) is 1. The molecule has 0 aliphatic carbocycles. The van der Waals surface area contributed by atoms with Crippen molar-refractivity contribution in [2.45, 2.75) is 104 Å². The molecule has 1 aromatic rings. The van der Waals surface area contributed by atoms with Crippen LogP contribution in [0.4, 0.5) is 0 Å². The Bertz CT molecular complexity index is 788. The number of hydrogen-bond donors (Lipinski definition) is 2. The molecule has 0 amide bonds. The largest absolute Gasteiger partial charge is 0.494 e. The Kier molecular flexibility index (Phi) is 19.7. The second-order valence-corrected chi connectivity index (χ2v) is 12.2. The van der Waals surface area contributed by atoms with Gasteiger partial charge in [0.15, 0.2) is 0 Å². The average Bonchev–Trinajstić information content (AvgIpc) is 2.88. The standard InChI is InChI=1S/C30H54NO6P/c1-5-7-8-9-10-11-12-13-14-15-16-21-35-30-19-17-18-27(25-30)23-28(24-29(32)6-2)26-37-38(33,34)36-22-20-31(3)4/h17-19,25,28H,5-16,20-24,26H2,1-4H3,(H,33,34)/p+1. The van der Waals surface area contributed by atoms with Crippen LogP contribution in [-0.4, -0.2) is 51.1 Å². The molecule has 2 atom stereocenters.